The molecule has 3 aromatic rings. The van der Waals surface area contributed by atoms with Crippen molar-refractivity contribution in [1.29, 1.82) is 0 Å². The van der Waals surface area contributed by atoms with E-state index in [0.717, 1.165) is 22.6 Å². The molecule has 1 aromatic heterocycles. The Morgan fingerprint density at radius 3 is 2.57 bits per heavy atom. The minimum Gasteiger partial charge on any atom is -0.486 e. The number of carbonyl (C=O) groups excluding carboxylic acids is 1. The second-order valence-corrected chi connectivity index (χ2v) is 7.23. The van der Waals surface area contributed by atoms with E-state index in [1.54, 1.807) is 0 Å². The number of benzene rings is 2. The Kier molecular flexibility index (Phi) is 5.35. The number of ether oxygens (including phenoxy) is 2. The van der Waals surface area contributed by atoms with Crippen molar-refractivity contribution in [3.63, 3.8) is 0 Å². The van der Waals surface area contributed by atoms with Crippen molar-refractivity contribution in [2.75, 3.05) is 7.11 Å². The van der Waals surface area contributed by atoms with Crippen LogP contribution in [0.1, 0.15) is 30.3 Å². The quantitative estimate of drug-likeness (QED) is 0.445. The van der Waals surface area contributed by atoms with Crippen LogP contribution in [-0.2, 0) is 16.0 Å². The van der Waals surface area contributed by atoms with E-state index in [2.05, 4.69) is 5.16 Å². The minimum absolute atomic E-state index is 0.240. The number of fused-ring (bicyclic) bond motifs is 1. The molecule has 4 rings (SSSR count). The summed E-state index contributed by atoms with van der Waals surface area (Å²) < 4.78 is 16.9. The highest BCUT2D eigenvalue weighted by Crippen LogP contribution is 2.40. The summed E-state index contributed by atoms with van der Waals surface area (Å²) in [7, 11) is 1.41. The van der Waals surface area contributed by atoms with Gasteiger partial charge in [0, 0.05) is 17.0 Å². The summed E-state index contributed by atoms with van der Waals surface area (Å²) in [4.78, 5) is 12.2. The number of nitrogens with zero attached hydrogens (tertiary/aromatic N) is 1. The van der Waals surface area contributed by atoms with Crippen molar-refractivity contribution in [3.05, 3.63) is 70.9 Å². The number of methoxy groups -OCH3 is 1. The Hall–Kier alpha value is -2.79. The Morgan fingerprint density at radius 1 is 1.11 bits per heavy atom. The first-order valence-electron chi connectivity index (χ1n) is 9.19. The van der Waals surface area contributed by atoms with Crippen molar-refractivity contribution >= 4 is 17.6 Å². The van der Waals surface area contributed by atoms with Gasteiger partial charge in [-0.05, 0) is 37.1 Å². The number of hydrogen-bond acceptors (Lipinski definition) is 5. The van der Waals surface area contributed by atoms with Gasteiger partial charge in [-0.15, -0.1) is 0 Å². The first-order chi connectivity index (χ1) is 13.7. The van der Waals surface area contributed by atoms with Crippen molar-refractivity contribution in [3.8, 4) is 17.0 Å². The summed E-state index contributed by atoms with van der Waals surface area (Å²) in [6, 6.07) is 17.1. The van der Waals surface area contributed by atoms with Crippen molar-refractivity contribution in [1.82, 2.24) is 5.16 Å². The Balaban J connectivity index is 1.75. The molecule has 0 N–H and O–H groups in total. The number of esters is 1. The highest BCUT2D eigenvalue weighted by atomic mass is 35.5. The summed E-state index contributed by atoms with van der Waals surface area (Å²) in [5.74, 6) is 0.909. The third kappa shape index (κ3) is 3.76. The first kappa shape index (κ1) is 18.6. The van der Waals surface area contributed by atoms with Crippen molar-refractivity contribution in [2.45, 2.75) is 25.4 Å². The van der Waals surface area contributed by atoms with Crippen molar-refractivity contribution in [2.24, 2.45) is 5.92 Å². The lowest BCUT2D eigenvalue weighted by Crippen LogP contribution is -2.18. The number of carbonyl (C=O) groups is 1. The molecule has 1 heterocycles. The summed E-state index contributed by atoms with van der Waals surface area (Å²) >= 11 is 6.03. The Morgan fingerprint density at radius 2 is 1.86 bits per heavy atom. The minimum atomic E-state index is -0.279. The predicted octanol–water partition coefficient (Wildman–Crippen LogP) is 5.24. The van der Waals surface area contributed by atoms with Gasteiger partial charge in [-0.25, -0.2) is 0 Å². The van der Waals surface area contributed by atoms with E-state index in [4.69, 9.17) is 25.6 Å². The maximum Gasteiger partial charge on any atom is 0.309 e. The van der Waals surface area contributed by atoms with Crippen LogP contribution in [0.25, 0.3) is 11.3 Å². The fourth-order valence-corrected chi connectivity index (χ4v) is 3.72. The number of hydrogen-bond donors (Lipinski definition) is 0. The highest BCUT2D eigenvalue weighted by Gasteiger charge is 2.35. The molecule has 28 heavy (non-hydrogen) atoms. The van der Waals surface area contributed by atoms with Gasteiger partial charge < -0.3 is 14.0 Å². The zero-order valence-electron chi connectivity index (χ0n) is 15.4. The van der Waals surface area contributed by atoms with Crippen LogP contribution < -0.4 is 4.74 Å². The van der Waals surface area contributed by atoms with E-state index in [1.165, 1.54) is 7.11 Å². The van der Waals surface area contributed by atoms with Crippen LogP contribution in [-0.4, -0.2) is 18.2 Å². The fourth-order valence-electron chi connectivity index (χ4n) is 3.60. The largest absolute Gasteiger partial charge is 0.486 e. The molecule has 0 spiro atoms. The third-order valence-electron chi connectivity index (χ3n) is 5.01. The molecule has 1 aliphatic carbocycles. The van der Waals surface area contributed by atoms with E-state index >= 15 is 0 Å². The Bertz CT molecular complexity index is 952. The van der Waals surface area contributed by atoms with Crippen LogP contribution in [0.2, 0.25) is 5.02 Å². The number of aromatic nitrogens is 1. The lowest BCUT2D eigenvalue weighted by Gasteiger charge is -2.18. The van der Waals surface area contributed by atoms with Crippen LogP contribution in [0, 0.1) is 5.92 Å². The average Bonchev–Trinajstić information content (AvgIpc) is 3.05. The van der Waals surface area contributed by atoms with Gasteiger partial charge in [0.1, 0.15) is 23.3 Å². The van der Waals surface area contributed by atoms with Gasteiger partial charge >= 0.3 is 5.97 Å². The molecular formula is C22H20ClNO4. The zero-order chi connectivity index (χ0) is 19.5. The monoisotopic (exact) mass is 397 g/mol. The molecule has 0 bridgehead atoms. The molecule has 0 fully saturated rings. The lowest BCUT2D eigenvalue weighted by atomic mass is 10.00. The summed E-state index contributed by atoms with van der Waals surface area (Å²) in [5.41, 5.74) is 2.50. The molecule has 0 radical (unpaired) electrons. The van der Waals surface area contributed by atoms with Gasteiger partial charge in [0.25, 0.3) is 0 Å². The van der Waals surface area contributed by atoms with E-state index < -0.39 is 0 Å². The zero-order valence-corrected chi connectivity index (χ0v) is 16.2. The molecule has 0 aliphatic heterocycles. The Labute approximate surface area is 168 Å². The van der Waals surface area contributed by atoms with Crippen LogP contribution in [0.15, 0.2) is 59.1 Å². The molecule has 6 heteroatoms. The SMILES string of the molecule is COC(=O)C1CCC(Oc2ccccc2)c2c(-c3ccc(Cl)cc3)noc2C1. The molecule has 2 unspecified atom stereocenters. The van der Waals surface area contributed by atoms with Crippen LogP contribution >= 0.6 is 11.6 Å². The van der Waals surface area contributed by atoms with Gasteiger partial charge in [0.15, 0.2) is 0 Å². The second kappa shape index (κ2) is 8.07. The summed E-state index contributed by atoms with van der Waals surface area (Å²) in [6.45, 7) is 0. The van der Waals surface area contributed by atoms with Gasteiger partial charge in [0.2, 0.25) is 0 Å². The van der Waals surface area contributed by atoms with E-state index in [9.17, 15) is 4.79 Å². The maximum atomic E-state index is 12.2. The average molecular weight is 398 g/mol. The molecule has 5 nitrogen and oxygen atoms in total. The van der Waals surface area contributed by atoms with Gasteiger partial charge in [0.05, 0.1) is 18.6 Å². The molecule has 2 atom stereocenters. The maximum absolute atomic E-state index is 12.2. The van der Waals surface area contributed by atoms with Crippen LogP contribution in [0.3, 0.4) is 0 Å². The van der Waals surface area contributed by atoms with Gasteiger partial charge in [-0.1, -0.05) is 47.1 Å². The molecule has 144 valence electrons. The fraction of sp³-hybridized carbons (Fsp3) is 0.273. The highest BCUT2D eigenvalue weighted by molar-refractivity contribution is 6.30. The second-order valence-electron chi connectivity index (χ2n) is 6.80. The lowest BCUT2D eigenvalue weighted by molar-refractivity contribution is -0.145. The summed E-state index contributed by atoms with van der Waals surface area (Å²) in [6.07, 6.45) is 1.47. The summed E-state index contributed by atoms with van der Waals surface area (Å²) in [5, 5.41) is 4.95. The normalized spacial score (nSPS) is 18.8. The topological polar surface area (TPSA) is 61.6 Å². The van der Waals surface area contributed by atoms with Gasteiger partial charge in [-0.2, -0.15) is 0 Å². The molecule has 2 aromatic carbocycles. The predicted molar refractivity (Wildman–Crippen MR) is 105 cm³/mol. The number of rotatable bonds is 4. The third-order valence-corrected chi connectivity index (χ3v) is 5.26. The first-order valence-corrected chi connectivity index (χ1v) is 9.57. The number of para-hydroxylation sites is 1. The number of halogens is 1. The van der Waals surface area contributed by atoms with E-state index in [0.29, 0.717) is 30.0 Å². The molecular weight excluding hydrogens is 378 g/mol. The van der Waals surface area contributed by atoms with Crippen LogP contribution in [0.5, 0.6) is 5.75 Å². The molecule has 0 saturated carbocycles. The van der Waals surface area contributed by atoms with Crippen molar-refractivity contribution < 1.29 is 18.8 Å². The molecule has 0 saturated heterocycles. The van der Waals surface area contributed by atoms with E-state index in [1.807, 2.05) is 54.6 Å². The molecule has 0 amide bonds. The molecule has 1 aliphatic rings. The smallest absolute Gasteiger partial charge is 0.309 e. The van der Waals surface area contributed by atoms with E-state index in [-0.39, 0.29) is 18.0 Å². The van der Waals surface area contributed by atoms with Crippen LogP contribution in [0.4, 0.5) is 0 Å². The van der Waals surface area contributed by atoms with Gasteiger partial charge in [-0.3, -0.25) is 4.79 Å². The standard InChI is InChI=1S/C22H20ClNO4/c1-26-22(25)15-9-12-18(27-17-5-3-2-4-6-17)20-19(13-15)28-24-21(20)14-7-10-16(23)11-8-14/h2-8,10-11,15,18H,9,12-13H2,1H3.